The fourth-order valence-corrected chi connectivity index (χ4v) is 2.29. The van der Waals surface area contributed by atoms with Gasteiger partial charge in [0.25, 0.3) is 0 Å². The van der Waals surface area contributed by atoms with Crippen molar-refractivity contribution in [2.75, 3.05) is 19.8 Å². The standard InChI is InChI=1S/C12H24N2O2/c1-9(12(14)15)7-16-8-11-5-3-2-4-10(11)6-13/h9-11H,2-8,13H2,1H3,(H2,14,15). The van der Waals surface area contributed by atoms with Crippen molar-refractivity contribution < 1.29 is 9.53 Å². The molecule has 1 aliphatic rings. The molecule has 0 radical (unpaired) electrons. The summed E-state index contributed by atoms with van der Waals surface area (Å²) in [5, 5.41) is 0. The molecule has 1 saturated carbocycles. The van der Waals surface area contributed by atoms with Crippen LogP contribution in [0.1, 0.15) is 32.6 Å². The van der Waals surface area contributed by atoms with Crippen LogP contribution < -0.4 is 11.5 Å². The Labute approximate surface area is 97.7 Å². The number of carbonyl (C=O) groups is 1. The number of carbonyl (C=O) groups excluding carboxylic acids is 1. The minimum atomic E-state index is -0.293. The van der Waals surface area contributed by atoms with Crippen LogP contribution in [-0.4, -0.2) is 25.7 Å². The summed E-state index contributed by atoms with van der Waals surface area (Å²) in [5.41, 5.74) is 10.9. The van der Waals surface area contributed by atoms with E-state index < -0.39 is 0 Å². The first-order valence-electron chi connectivity index (χ1n) is 6.22. The van der Waals surface area contributed by atoms with Gasteiger partial charge in [0.05, 0.1) is 12.5 Å². The van der Waals surface area contributed by atoms with Crippen molar-refractivity contribution in [1.82, 2.24) is 0 Å². The molecular weight excluding hydrogens is 204 g/mol. The average Bonchev–Trinajstić information content (AvgIpc) is 2.29. The fourth-order valence-electron chi connectivity index (χ4n) is 2.29. The van der Waals surface area contributed by atoms with Gasteiger partial charge in [-0.3, -0.25) is 4.79 Å². The van der Waals surface area contributed by atoms with Gasteiger partial charge in [0, 0.05) is 6.61 Å². The molecule has 4 N–H and O–H groups in total. The van der Waals surface area contributed by atoms with E-state index in [0.717, 1.165) is 13.2 Å². The van der Waals surface area contributed by atoms with Gasteiger partial charge in [0.1, 0.15) is 0 Å². The molecular formula is C12H24N2O2. The normalized spacial score (nSPS) is 27.6. The first-order valence-corrected chi connectivity index (χ1v) is 6.22. The van der Waals surface area contributed by atoms with Crippen molar-refractivity contribution in [2.24, 2.45) is 29.2 Å². The first kappa shape index (κ1) is 13.5. The van der Waals surface area contributed by atoms with E-state index in [9.17, 15) is 4.79 Å². The third kappa shape index (κ3) is 4.10. The van der Waals surface area contributed by atoms with Crippen molar-refractivity contribution in [2.45, 2.75) is 32.6 Å². The van der Waals surface area contributed by atoms with Crippen molar-refractivity contribution in [3.8, 4) is 0 Å². The summed E-state index contributed by atoms with van der Waals surface area (Å²) in [6.07, 6.45) is 4.98. The maximum absolute atomic E-state index is 10.8. The largest absolute Gasteiger partial charge is 0.380 e. The van der Waals surface area contributed by atoms with Crippen molar-refractivity contribution in [3.05, 3.63) is 0 Å². The maximum atomic E-state index is 10.8. The van der Waals surface area contributed by atoms with Gasteiger partial charge in [-0.1, -0.05) is 19.8 Å². The summed E-state index contributed by atoms with van der Waals surface area (Å²) in [6, 6.07) is 0. The predicted molar refractivity (Wildman–Crippen MR) is 63.7 cm³/mol. The molecule has 1 fully saturated rings. The SMILES string of the molecule is CC(COCC1CCCCC1CN)C(N)=O. The maximum Gasteiger partial charge on any atom is 0.222 e. The summed E-state index contributed by atoms with van der Waals surface area (Å²) in [7, 11) is 0. The molecule has 0 spiro atoms. The number of hydrogen-bond donors (Lipinski definition) is 2. The summed E-state index contributed by atoms with van der Waals surface area (Å²) in [5.74, 6) is 0.676. The highest BCUT2D eigenvalue weighted by atomic mass is 16.5. The Morgan fingerprint density at radius 2 is 2.00 bits per heavy atom. The van der Waals surface area contributed by atoms with E-state index in [1.165, 1.54) is 25.7 Å². The number of primary amides is 1. The van der Waals surface area contributed by atoms with Crippen LogP contribution in [0.15, 0.2) is 0 Å². The minimum Gasteiger partial charge on any atom is -0.380 e. The van der Waals surface area contributed by atoms with Crippen LogP contribution in [0.25, 0.3) is 0 Å². The quantitative estimate of drug-likeness (QED) is 0.708. The van der Waals surface area contributed by atoms with Crippen molar-refractivity contribution >= 4 is 5.91 Å². The number of rotatable bonds is 6. The zero-order valence-corrected chi connectivity index (χ0v) is 10.2. The highest BCUT2D eigenvalue weighted by molar-refractivity contribution is 5.76. The molecule has 4 nitrogen and oxygen atoms in total. The monoisotopic (exact) mass is 228 g/mol. The smallest absolute Gasteiger partial charge is 0.222 e. The molecule has 3 unspecified atom stereocenters. The minimum absolute atomic E-state index is 0.195. The third-order valence-electron chi connectivity index (χ3n) is 3.55. The number of ether oxygens (including phenoxy) is 1. The zero-order chi connectivity index (χ0) is 12.0. The van der Waals surface area contributed by atoms with Crippen LogP contribution in [0.5, 0.6) is 0 Å². The summed E-state index contributed by atoms with van der Waals surface area (Å²) >= 11 is 0. The van der Waals surface area contributed by atoms with Crippen LogP contribution >= 0.6 is 0 Å². The fraction of sp³-hybridized carbons (Fsp3) is 0.917. The van der Waals surface area contributed by atoms with E-state index in [-0.39, 0.29) is 11.8 Å². The zero-order valence-electron chi connectivity index (χ0n) is 10.2. The molecule has 0 aromatic heterocycles. The van der Waals surface area contributed by atoms with Gasteiger partial charge >= 0.3 is 0 Å². The topological polar surface area (TPSA) is 78.3 Å². The molecule has 16 heavy (non-hydrogen) atoms. The van der Waals surface area contributed by atoms with E-state index in [0.29, 0.717) is 18.4 Å². The first-order chi connectivity index (χ1) is 7.65. The lowest BCUT2D eigenvalue weighted by atomic mass is 9.80. The molecule has 94 valence electrons. The van der Waals surface area contributed by atoms with Crippen molar-refractivity contribution in [1.29, 1.82) is 0 Å². The van der Waals surface area contributed by atoms with Crippen LogP contribution in [0.2, 0.25) is 0 Å². The Hall–Kier alpha value is -0.610. The van der Waals surface area contributed by atoms with E-state index in [1.54, 1.807) is 6.92 Å². The van der Waals surface area contributed by atoms with Crippen LogP contribution in [-0.2, 0) is 9.53 Å². The van der Waals surface area contributed by atoms with Gasteiger partial charge < -0.3 is 16.2 Å². The second-order valence-electron chi connectivity index (χ2n) is 4.88. The molecule has 0 bridgehead atoms. The van der Waals surface area contributed by atoms with Gasteiger partial charge in [-0.2, -0.15) is 0 Å². The van der Waals surface area contributed by atoms with Crippen molar-refractivity contribution in [3.63, 3.8) is 0 Å². The van der Waals surface area contributed by atoms with E-state index in [1.807, 2.05) is 0 Å². The van der Waals surface area contributed by atoms with E-state index in [2.05, 4.69) is 0 Å². The Kier molecular flexibility index (Phi) is 5.77. The lowest BCUT2D eigenvalue weighted by Crippen LogP contribution is -2.31. The summed E-state index contributed by atoms with van der Waals surface area (Å²) in [4.78, 5) is 10.8. The predicted octanol–water partition coefficient (Wildman–Crippen LogP) is 0.890. The molecule has 4 heteroatoms. The van der Waals surface area contributed by atoms with Crippen LogP contribution in [0.3, 0.4) is 0 Å². The lowest BCUT2D eigenvalue weighted by molar-refractivity contribution is -0.123. The number of nitrogens with two attached hydrogens (primary N) is 2. The number of amides is 1. The highest BCUT2D eigenvalue weighted by Crippen LogP contribution is 2.29. The second-order valence-corrected chi connectivity index (χ2v) is 4.88. The Morgan fingerprint density at radius 1 is 1.38 bits per heavy atom. The molecule has 0 aliphatic heterocycles. The Morgan fingerprint density at radius 3 is 2.56 bits per heavy atom. The Balaban J connectivity index is 2.22. The number of hydrogen-bond acceptors (Lipinski definition) is 3. The van der Waals surface area contributed by atoms with Gasteiger partial charge in [-0.15, -0.1) is 0 Å². The van der Waals surface area contributed by atoms with Crippen LogP contribution in [0.4, 0.5) is 0 Å². The lowest BCUT2D eigenvalue weighted by Gasteiger charge is -2.30. The summed E-state index contributed by atoms with van der Waals surface area (Å²) in [6.45, 7) is 3.70. The molecule has 0 aromatic rings. The molecule has 0 aromatic carbocycles. The molecule has 3 atom stereocenters. The van der Waals surface area contributed by atoms with Crippen LogP contribution in [0, 0.1) is 17.8 Å². The molecule has 0 saturated heterocycles. The average molecular weight is 228 g/mol. The van der Waals surface area contributed by atoms with Gasteiger partial charge in [0.15, 0.2) is 0 Å². The summed E-state index contributed by atoms with van der Waals surface area (Å²) < 4.78 is 5.57. The van der Waals surface area contributed by atoms with E-state index in [4.69, 9.17) is 16.2 Å². The van der Waals surface area contributed by atoms with Gasteiger partial charge in [-0.05, 0) is 31.2 Å². The second kappa shape index (κ2) is 6.86. The molecule has 1 rings (SSSR count). The molecule has 0 heterocycles. The van der Waals surface area contributed by atoms with E-state index >= 15 is 0 Å². The molecule has 1 amide bonds. The van der Waals surface area contributed by atoms with Gasteiger partial charge in [-0.25, -0.2) is 0 Å². The molecule has 1 aliphatic carbocycles. The highest BCUT2D eigenvalue weighted by Gasteiger charge is 2.24. The van der Waals surface area contributed by atoms with Gasteiger partial charge in [0.2, 0.25) is 5.91 Å². The Bertz CT molecular complexity index is 221. The third-order valence-corrected chi connectivity index (χ3v) is 3.55.